The topological polar surface area (TPSA) is 40.6 Å². The van der Waals surface area contributed by atoms with E-state index in [0.717, 1.165) is 6.07 Å². The molecular weight excluding hydrogens is 239 g/mol. The quantitative estimate of drug-likeness (QED) is 0.805. The van der Waals surface area contributed by atoms with Gasteiger partial charge in [0.15, 0.2) is 6.29 Å². The summed E-state index contributed by atoms with van der Waals surface area (Å²) in [4.78, 5) is 3.40. The number of aromatic nitrogens is 1. The summed E-state index contributed by atoms with van der Waals surface area (Å²) in [5.74, 6) is -0.133. The van der Waals surface area contributed by atoms with Crippen LogP contribution in [0.5, 0.6) is 5.88 Å². The third kappa shape index (κ3) is 2.50. The fourth-order valence-corrected chi connectivity index (χ4v) is 1.49. The first kappa shape index (κ1) is 12.1. The second-order valence-corrected chi connectivity index (χ2v) is 3.37. The molecule has 4 nitrogen and oxygen atoms in total. The van der Waals surface area contributed by atoms with E-state index < -0.39 is 18.2 Å². The molecular formula is C10H10F3NO3. The molecule has 1 saturated heterocycles. The lowest BCUT2D eigenvalue weighted by Crippen LogP contribution is -2.11. The molecule has 7 heteroatoms. The Morgan fingerprint density at radius 1 is 1.29 bits per heavy atom. The summed E-state index contributed by atoms with van der Waals surface area (Å²) in [6.07, 6.45) is -5.21. The Labute approximate surface area is 95.3 Å². The first-order valence-electron chi connectivity index (χ1n) is 4.87. The van der Waals surface area contributed by atoms with Crippen LogP contribution in [0.1, 0.15) is 17.5 Å². The Morgan fingerprint density at radius 3 is 2.47 bits per heavy atom. The molecule has 2 rings (SSSR count). The number of ether oxygens (including phenoxy) is 3. The van der Waals surface area contributed by atoms with Gasteiger partial charge in [-0.2, -0.15) is 13.2 Å². The monoisotopic (exact) mass is 249 g/mol. The molecule has 2 heterocycles. The molecule has 0 radical (unpaired) electrons. The fourth-order valence-electron chi connectivity index (χ4n) is 1.49. The van der Waals surface area contributed by atoms with Crippen molar-refractivity contribution in [3.8, 4) is 5.88 Å². The molecule has 1 fully saturated rings. The molecule has 0 bridgehead atoms. The van der Waals surface area contributed by atoms with Crippen LogP contribution in [-0.4, -0.2) is 25.3 Å². The molecule has 0 amide bonds. The first-order valence-corrected chi connectivity index (χ1v) is 4.87. The van der Waals surface area contributed by atoms with Crippen molar-refractivity contribution in [2.75, 3.05) is 20.3 Å². The third-order valence-electron chi connectivity index (χ3n) is 2.25. The van der Waals surface area contributed by atoms with Crippen LogP contribution in [0.25, 0.3) is 0 Å². The van der Waals surface area contributed by atoms with E-state index in [0.29, 0.717) is 18.8 Å². The second kappa shape index (κ2) is 4.50. The van der Waals surface area contributed by atoms with Crippen LogP contribution in [0, 0.1) is 0 Å². The van der Waals surface area contributed by atoms with Gasteiger partial charge >= 0.3 is 6.18 Å². The summed E-state index contributed by atoms with van der Waals surface area (Å²) in [5, 5.41) is 0. The van der Waals surface area contributed by atoms with Gasteiger partial charge in [0.25, 0.3) is 0 Å². The largest absolute Gasteiger partial charge is 0.481 e. The Kier molecular flexibility index (Phi) is 3.21. The van der Waals surface area contributed by atoms with E-state index in [1.54, 1.807) is 0 Å². The zero-order valence-electron chi connectivity index (χ0n) is 8.95. The SMILES string of the molecule is COc1nc(C(F)(F)F)ccc1C1OCCO1. The van der Waals surface area contributed by atoms with Crippen LogP contribution in [0.3, 0.4) is 0 Å². The maximum Gasteiger partial charge on any atom is 0.433 e. The molecule has 0 atom stereocenters. The van der Waals surface area contributed by atoms with Gasteiger partial charge in [0.05, 0.1) is 25.9 Å². The van der Waals surface area contributed by atoms with Crippen molar-refractivity contribution in [2.24, 2.45) is 0 Å². The number of alkyl halides is 3. The standard InChI is InChI=1S/C10H10F3NO3/c1-15-8-6(9-16-4-5-17-9)2-3-7(14-8)10(11,12)13/h2-3,9H,4-5H2,1H3. The van der Waals surface area contributed by atoms with Gasteiger partial charge in [0.1, 0.15) is 5.69 Å². The van der Waals surface area contributed by atoms with Gasteiger partial charge in [-0.05, 0) is 12.1 Å². The van der Waals surface area contributed by atoms with Crippen molar-refractivity contribution in [3.63, 3.8) is 0 Å². The minimum Gasteiger partial charge on any atom is -0.481 e. The van der Waals surface area contributed by atoms with Crippen LogP contribution < -0.4 is 4.74 Å². The van der Waals surface area contributed by atoms with Gasteiger partial charge in [-0.3, -0.25) is 0 Å². The van der Waals surface area contributed by atoms with Crippen LogP contribution in [-0.2, 0) is 15.7 Å². The van der Waals surface area contributed by atoms with Crippen molar-refractivity contribution in [1.82, 2.24) is 4.98 Å². The molecule has 0 saturated carbocycles. The number of halogens is 3. The molecule has 0 spiro atoms. The molecule has 0 unspecified atom stereocenters. The van der Waals surface area contributed by atoms with E-state index in [9.17, 15) is 13.2 Å². The smallest absolute Gasteiger partial charge is 0.433 e. The van der Waals surface area contributed by atoms with Crippen LogP contribution >= 0.6 is 0 Å². The van der Waals surface area contributed by atoms with Gasteiger partial charge in [-0.25, -0.2) is 4.98 Å². The van der Waals surface area contributed by atoms with Crippen molar-refractivity contribution in [3.05, 3.63) is 23.4 Å². The number of rotatable bonds is 2. The van der Waals surface area contributed by atoms with Crippen molar-refractivity contribution in [1.29, 1.82) is 0 Å². The van der Waals surface area contributed by atoms with E-state index in [-0.39, 0.29) is 5.88 Å². The number of hydrogen-bond acceptors (Lipinski definition) is 4. The average molecular weight is 249 g/mol. The Morgan fingerprint density at radius 2 is 1.94 bits per heavy atom. The van der Waals surface area contributed by atoms with E-state index in [4.69, 9.17) is 14.2 Å². The summed E-state index contributed by atoms with van der Waals surface area (Å²) in [7, 11) is 1.25. The Hall–Kier alpha value is -1.34. The minimum absolute atomic E-state index is 0.133. The normalized spacial score (nSPS) is 17.4. The third-order valence-corrected chi connectivity index (χ3v) is 2.25. The Bertz CT molecular complexity index is 402. The van der Waals surface area contributed by atoms with Crippen LogP contribution in [0.4, 0.5) is 13.2 Å². The van der Waals surface area contributed by atoms with Crippen LogP contribution in [0.2, 0.25) is 0 Å². The first-order chi connectivity index (χ1) is 8.02. The van der Waals surface area contributed by atoms with Gasteiger partial charge in [0, 0.05) is 0 Å². The highest BCUT2D eigenvalue weighted by Gasteiger charge is 2.34. The predicted molar refractivity (Wildman–Crippen MR) is 50.4 cm³/mol. The van der Waals surface area contributed by atoms with Gasteiger partial charge in [-0.1, -0.05) is 0 Å². The molecule has 1 aliphatic heterocycles. The lowest BCUT2D eigenvalue weighted by Gasteiger charge is -2.14. The zero-order chi connectivity index (χ0) is 12.5. The van der Waals surface area contributed by atoms with Crippen molar-refractivity contribution >= 4 is 0 Å². The van der Waals surface area contributed by atoms with Crippen molar-refractivity contribution < 1.29 is 27.4 Å². The molecule has 1 aromatic rings. The highest BCUT2D eigenvalue weighted by Crippen LogP contribution is 2.34. The number of methoxy groups -OCH3 is 1. The molecule has 0 aliphatic carbocycles. The van der Waals surface area contributed by atoms with Crippen molar-refractivity contribution in [2.45, 2.75) is 12.5 Å². The fraction of sp³-hybridized carbons (Fsp3) is 0.500. The summed E-state index contributed by atoms with van der Waals surface area (Å²) in [5.41, 5.74) is -0.644. The van der Waals surface area contributed by atoms with Crippen LogP contribution in [0.15, 0.2) is 12.1 Å². The summed E-state index contributed by atoms with van der Waals surface area (Å²) >= 11 is 0. The number of nitrogens with zero attached hydrogens (tertiary/aromatic N) is 1. The number of pyridine rings is 1. The molecule has 17 heavy (non-hydrogen) atoms. The van der Waals surface area contributed by atoms with E-state index in [1.807, 2.05) is 0 Å². The van der Waals surface area contributed by atoms with E-state index >= 15 is 0 Å². The number of hydrogen-bond donors (Lipinski definition) is 0. The molecule has 1 aromatic heterocycles. The molecule has 94 valence electrons. The van der Waals surface area contributed by atoms with Gasteiger partial charge < -0.3 is 14.2 Å². The summed E-state index contributed by atoms with van der Waals surface area (Å²) in [6, 6.07) is 2.13. The average Bonchev–Trinajstić information content (AvgIpc) is 2.80. The molecule has 0 aromatic carbocycles. The molecule has 1 aliphatic rings. The Balaban J connectivity index is 2.34. The van der Waals surface area contributed by atoms with Gasteiger partial charge in [0.2, 0.25) is 5.88 Å². The maximum absolute atomic E-state index is 12.4. The summed E-state index contributed by atoms with van der Waals surface area (Å²) in [6.45, 7) is 0.795. The lowest BCUT2D eigenvalue weighted by atomic mass is 10.2. The predicted octanol–water partition coefficient (Wildman–Crippen LogP) is 2.15. The maximum atomic E-state index is 12.4. The highest BCUT2D eigenvalue weighted by molar-refractivity contribution is 5.30. The summed E-state index contributed by atoms with van der Waals surface area (Å²) < 4.78 is 52.5. The van der Waals surface area contributed by atoms with E-state index in [1.165, 1.54) is 13.2 Å². The minimum atomic E-state index is -4.50. The second-order valence-electron chi connectivity index (χ2n) is 3.37. The zero-order valence-corrected chi connectivity index (χ0v) is 8.95. The van der Waals surface area contributed by atoms with Gasteiger partial charge in [-0.15, -0.1) is 0 Å². The lowest BCUT2D eigenvalue weighted by molar-refractivity contribution is -0.141. The van der Waals surface area contributed by atoms with E-state index in [2.05, 4.69) is 4.98 Å². The molecule has 0 N–H and O–H groups in total. The highest BCUT2D eigenvalue weighted by atomic mass is 19.4.